The van der Waals surface area contributed by atoms with Crippen molar-refractivity contribution in [3.63, 3.8) is 0 Å². The van der Waals surface area contributed by atoms with Gasteiger partial charge in [0.1, 0.15) is 9.84 Å². The summed E-state index contributed by atoms with van der Waals surface area (Å²) in [5, 5.41) is 2.98. The summed E-state index contributed by atoms with van der Waals surface area (Å²) in [5.41, 5.74) is 1.92. The smallest absolute Gasteiger partial charge is 0.153 e. The van der Waals surface area contributed by atoms with E-state index in [1.54, 1.807) is 7.05 Å². The topological polar surface area (TPSA) is 80.3 Å². The first-order chi connectivity index (χ1) is 9.14. The average molecular weight is 319 g/mol. The van der Waals surface area contributed by atoms with E-state index in [1.807, 2.05) is 31.2 Å². The minimum absolute atomic E-state index is 0.107. The SMILES string of the molecule is CNC(CS(=O)(=O)CCS(C)(=O)=O)c1ccccc1C. The van der Waals surface area contributed by atoms with Gasteiger partial charge in [-0.25, -0.2) is 16.8 Å². The molecule has 0 spiro atoms. The molecule has 1 N–H and O–H groups in total. The van der Waals surface area contributed by atoms with E-state index >= 15 is 0 Å². The second-order valence-electron chi connectivity index (χ2n) is 4.94. The summed E-state index contributed by atoms with van der Waals surface area (Å²) in [4.78, 5) is 0. The Balaban J connectivity index is 2.86. The molecule has 5 nitrogen and oxygen atoms in total. The Morgan fingerprint density at radius 3 is 2.20 bits per heavy atom. The highest BCUT2D eigenvalue weighted by Crippen LogP contribution is 2.19. The van der Waals surface area contributed by atoms with Crippen LogP contribution in [-0.4, -0.2) is 47.4 Å². The number of hydrogen-bond donors (Lipinski definition) is 1. The second-order valence-corrected chi connectivity index (χ2v) is 9.43. The number of nitrogens with one attached hydrogen (secondary N) is 1. The molecule has 0 heterocycles. The highest BCUT2D eigenvalue weighted by molar-refractivity contribution is 7.94. The molecule has 0 aliphatic carbocycles. The van der Waals surface area contributed by atoms with Crippen LogP contribution in [0.4, 0.5) is 0 Å². The van der Waals surface area contributed by atoms with Gasteiger partial charge in [0.25, 0.3) is 0 Å². The summed E-state index contributed by atoms with van der Waals surface area (Å²) >= 11 is 0. The summed E-state index contributed by atoms with van der Waals surface area (Å²) in [7, 11) is -5.01. The quantitative estimate of drug-likeness (QED) is 0.801. The van der Waals surface area contributed by atoms with Crippen LogP contribution in [0.5, 0.6) is 0 Å². The molecule has 0 bridgehead atoms. The fraction of sp³-hybridized carbons (Fsp3) is 0.538. The zero-order valence-corrected chi connectivity index (χ0v) is 13.6. The molecule has 0 saturated heterocycles. The summed E-state index contributed by atoms with van der Waals surface area (Å²) in [6.45, 7) is 1.92. The predicted molar refractivity (Wildman–Crippen MR) is 81.3 cm³/mol. The van der Waals surface area contributed by atoms with Crippen molar-refractivity contribution in [3.8, 4) is 0 Å². The predicted octanol–water partition coefficient (Wildman–Crippen LogP) is 0.715. The molecule has 114 valence electrons. The van der Waals surface area contributed by atoms with Gasteiger partial charge in [-0.2, -0.15) is 0 Å². The van der Waals surface area contributed by atoms with Gasteiger partial charge < -0.3 is 5.32 Å². The molecular weight excluding hydrogens is 298 g/mol. The van der Waals surface area contributed by atoms with Gasteiger partial charge in [0.2, 0.25) is 0 Å². The number of hydrogen-bond acceptors (Lipinski definition) is 5. The lowest BCUT2D eigenvalue weighted by Crippen LogP contribution is -2.29. The lowest BCUT2D eigenvalue weighted by atomic mass is 10.0. The van der Waals surface area contributed by atoms with Gasteiger partial charge in [-0.05, 0) is 25.1 Å². The average Bonchev–Trinajstić information content (AvgIpc) is 2.34. The molecule has 0 aromatic heterocycles. The van der Waals surface area contributed by atoms with Crippen molar-refractivity contribution >= 4 is 19.7 Å². The maximum absolute atomic E-state index is 12.0. The summed E-state index contributed by atoms with van der Waals surface area (Å²) in [6.07, 6.45) is 1.04. The van der Waals surface area contributed by atoms with Gasteiger partial charge in [0.05, 0.1) is 17.3 Å². The van der Waals surface area contributed by atoms with Crippen molar-refractivity contribution in [2.75, 3.05) is 30.6 Å². The largest absolute Gasteiger partial charge is 0.312 e. The van der Waals surface area contributed by atoms with Crippen molar-refractivity contribution < 1.29 is 16.8 Å². The number of sulfone groups is 2. The Morgan fingerprint density at radius 1 is 1.10 bits per heavy atom. The zero-order chi connectivity index (χ0) is 15.4. The Hall–Kier alpha value is -0.920. The van der Waals surface area contributed by atoms with Crippen LogP contribution in [0.3, 0.4) is 0 Å². The molecule has 1 unspecified atom stereocenters. The highest BCUT2D eigenvalue weighted by Gasteiger charge is 2.22. The van der Waals surface area contributed by atoms with Crippen molar-refractivity contribution in [2.45, 2.75) is 13.0 Å². The van der Waals surface area contributed by atoms with Crippen LogP contribution >= 0.6 is 0 Å². The molecule has 0 fully saturated rings. The third-order valence-corrected chi connectivity index (χ3v) is 5.97. The van der Waals surface area contributed by atoms with Gasteiger partial charge in [-0.1, -0.05) is 24.3 Å². The van der Waals surface area contributed by atoms with Gasteiger partial charge in [-0.15, -0.1) is 0 Å². The van der Waals surface area contributed by atoms with Crippen LogP contribution < -0.4 is 5.32 Å². The fourth-order valence-electron chi connectivity index (χ4n) is 1.92. The number of rotatable bonds is 7. The van der Waals surface area contributed by atoms with Crippen LogP contribution in [0.15, 0.2) is 24.3 Å². The maximum atomic E-state index is 12.0. The summed E-state index contributed by atoms with van der Waals surface area (Å²) < 4.78 is 46.2. The van der Waals surface area contributed by atoms with E-state index in [2.05, 4.69) is 5.32 Å². The summed E-state index contributed by atoms with van der Waals surface area (Å²) in [6, 6.07) is 7.21. The van der Waals surface area contributed by atoms with Crippen LogP contribution in [-0.2, 0) is 19.7 Å². The van der Waals surface area contributed by atoms with E-state index in [1.165, 1.54) is 0 Å². The van der Waals surface area contributed by atoms with E-state index in [0.29, 0.717) is 0 Å². The summed E-state index contributed by atoms with van der Waals surface area (Å²) in [5.74, 6) is -0.778. The molecule has 20 heavy (non-hydrogen) atoms. The third-order valence-electron chi connectivity index (χ3n) is 3.10. The second kappa shape index (κ2) is 6.69. The molecule has 1 atom stereocenters. The molecule has 0 aliphatic rings. The molecule has 0 radical (unpaired) electrons. The minimum atomic E-state index is -3.43. The molecule has 0 amide bonds. The van der Waals surface area contributed by atoms with Crippen LogP contribution in [0, 0.1) is 6.92 Å². The molecule has 7 heteroatoms. The Labute approximate surface area is 121 Å². The van der Waals surface area contributed by atoms with Crippen LogP contribution in [0.2, 0.25) is 0 Å². The Kier molecular flexibility index (Phi) is 5.73. The first-order valence-electron chi connectivity index (χ1n) is 6.25. The lowest BCUT2D eigenvalue weighted by Gasteiger charge is -2.18. The monoisotopic (exact) mass is 319 g/mol. The maximum Gasteiger partial charge on any atom is 0.153 e. The molecule has 0 aliphatic heterocycles. The van der Waals surface area contributed by atoms with E-state index in [9.17, 15) is 16.8 Å². The van der Waals surface area contributed by atoms with Crippen molar-refractivity contribution in [1.29, 1.82) is 0 Å². The van der Waals surface area contributed by atoms with Crippen molar-refractivity contribution in [2.24, 2.45) is 0 Å². The van der Waals surface area contributed by atoms with Crippen LogP contribution in [0.1, 0.15) is 17.2 Å². The van der Waals surface area contributed by atoms with E-state index in [4.69, 9.17) is 0 Å². The van der Waals surface area contributed by atoms with Gasteiger partial charge >= 0.3 is 0 Å². The molecule has 1 rings (SSSR count). The lowest BCUT2D eigenvalue weighted by molar-refractivity contribution is 0.572. The van der Waals surface area contributed by atoms with Crippen LogP contribution in [0.25, 0.3) is 0 Å². The molecule has 0 saturated carbocycles. The van der Waals surface area contributed by atoms with Crippen molar-refractivity contribution in [1.82, 2.24) is 5.32 Å². The van der Waals surface area contributed by atoms with Crippen molar-refractivity contribution in [3.05, 3.63) is 35.4 Å². The first kappa shape index (κ1) is 17.1. The molecule has 1 aromatic carbocycles. The Bertz CT molecular complexity index is 651. The van der Waals surface area contributed by atoms with Gasteiger partial charge in [0, 0.05) is 12.3 Å². The van der Waals surface area contributed by atoms with E-state index in [-0.39, 0.29) is 23.3 Å². The Morgan fingerprint density at radius 2 is 1.70 bits per heavy atom. The van der Waals surface area contributed by atoms with Gasteiger partial charge in [0.15, 0.2) is 9.84 Å². The molecular formula is C13H21NO4S2. The van der Waals surface area contributed by atoms with E-state index in [0.717, 1.165) is 17.4 Å². The van der Waals surface area contributed by atoms with Gasteiger partial charge in [-0.3, -0.25) is 0 Å². The number of aryl methyl sites for hydroxylation is 1. The number of benzene rings is 1. The molecule has 1 aromatic rings. The first-order valence-corrected chi connectivity index (χ1v) is 10.1. The minimum Gasteiger partial charge on any atom is -0.312 e. The third kappa shape index (κ3) is 5.60. The van der Waals surface area contributed by atoms with E-state index < -0.39 is 19.7 Å². The normalized spacial score (nSPS) is 14.2. The zero-order valence-electron chi connectivity index (χ0n) is 12.0. The fourth-order valence-corrected chi connectivity index (χ4v) is 5.17. The highest BCUT2D eigenvalue weighted by atomic mass is 32.2. The standard InChI is InChI=1S/C13H21NO4S2/c1-11-6-4-5-7-12(11)13(14-2)10-20(17,18)9-8-19(3,15)16/h4-7,13-14H,8-10H2,1-3H3.